The van der Waals surface area contributed by atoms with Gasteiger partial charge in [-0.1, -0.05) is 41.1 Å². The number of allylic oxidation sites excluding steroid dienone is 3. The molecule has 0 spiro atoms. The van der Waals surface area contributed by atoms with Gasteiger partial charge in [-0.25, -0.2) is 4.79 Å². The Balaban J connectivity index is 2.42. The van der Waals surface area contributed by atoms with E-state index in [4.69, 9.17) is 21.2 Å². The lowest BCUT2D eigenvalue weighted by Crippen LogP contribution is -2.33. The van der Waals surface area contributed by atoms with Gasteiger partial charge in [0.05, 0.1) is 11.3 Å². The highest BCUT2D eigenvalue weighted by molar-refractivity contribution is 6.33. The SMILES string of the molecule is CCN(CC)C(=O)CO/N=C1/C=C/CC/C=C/C[C@@H](C)OC(=O)c2c(C)cc(C)c(Cl)c2C1. The fourth-order valence-electron chi connectivity index (χ4n) is 3.74. The Morgan fingerprint density at radius 3 is 2.58 bits per heavy atom. The predicted octanol–water partition coefficient (Wildman–Crippen LogP) is 5.58. The smallest absolute Gasteiger partial charge is 0.339 e. The van der Waals surface area contributed by atoms with Crippen molar-refractivity contribution in [2.24, 2.45) is 5.16 Å². The second-order valence-electron chi connectivity index (χ2n) is 8.18. The second kappa shape index (κ2) is 13.2. The van der Waals surface area contributed by atoms with E-state index in [1.165, 1.54) is 0 Å². The first kappa shape index (κ1) is 26.7. The van der Waals surface area contributed by atoms with Crippen LogP contribution in [0.5, 0.6) is 0 Å². The molecule has 0 saturated heterocycles. The number of amides is 1. The first-order valence-corrected chi connectivity index (χ1v) is 11.9. The van der Waals surface area contributed by atoms with Gasteiger partial charge in [0.1, 0.15) is 6.10 Å². The number of cyclic esters (lactones) is 1. The minimum atomic E-state index is -0.400. The highest BCUT2D eigenvalue weighted by Crippen LogP contribution is 2.29. The predicted molar refractivity (Wildman–Crippen MR) is 133 cm³/mol. The Morgan fingerprint density at radius 2 is 1.88 bits per heavy atom. The van der Waals surface area contributed by atoms with Gasteiger partial charge < -0.3 is 14.5 Å². The van der Waals surface area contributed by atoms with Crippen molar-refractivity contribution in [3.63, 3.8) is 0 Å². The molecule has 2 rings (SSSR count). The summed E-state index contributed by atoms with van der Waals surface area (Å²) in [4.78, 5) is 32.4. The largest absolute Gasteiger partial charge is 0.459 e. The molecule has 0 radical (unpaired) electrons. The van der Waals surface area contributed by atoms with E-state index in [-0.39, 0.29) is 25.0 Å². The van der Waals surface area contributed by atoms with Gasteiger partial charge in [0.25, 0.3) is 5.91 Å². The number of carbonyl (C=O) groups excluding carboxylic acids is 2. The highest BCUT2D eigenvalue weighted by atomic mass is 35.5. The topological polar surface area (TPSA) is 68.2 Å². The highest BCUT2D eigenvalue weighted by Gasteiger charge is 2.23. The summed E-state index contributed by atoms with van der Waals surface area (Å²) in [6.07, 6.45) is 10.4. The van der Waals surface area contributed by atoms with Crippen LogP contribution in [0.1, 0.15) is 67.1 Å². The lowest BCUT2D eigenvalue weighted by molar-refractivity contribution is -0.135. The Hall–Kier alpha value is -2.60. The third-order valence-corrected chi connectivity index (χ3v) is 6.07. The van der Waals surface area contributed by atoms with Crippen molar-refractivity contribution in [2.45, 2.75) is 66.4 Å². The lowest BCUT2D eigenvalue weighted by Gasteiger charge is -2.19. The van der Waals surface area contributed by atoms with Gasteiger partial charge in [-0.15, -0.1) is 0 Å². The van der Waals surface area contributed by atoms with Crippen molar-refractivity contribution in [2.75, 3.05) is 19.7 Å². The van der Waals surface area contributed by atoms with Gasteiger partial charge in [0.15, 0.2) is 6.61 Å². The zero-order valence-electron chi connectivity index (χ0n) is 20.3. The van der Waals surface area contributed by atoms with E-state index in [2.05, 4.69) is 11.2 Å². The summed E-state index contributed by atoms with van der Waals surface area (Å²) in [7, 11) is 0. The molecule has 0 bridgehead atoms. The van der Waals surface area contributed by atoms with Gasteiger partial charge >= 0.3 is 5.97 Å². The molecular weight excluding hydrogens is 440 g/mol. The molecule has 1 aromatic rings. The van der Waals surface area contributed by atoms with E-state index in [1.54, 1.807) is 4.90 Å². The summed E-state index contributed by atoms with van der Waals surface area (Å²) >= 11 is 6.67. The van der Waals surface area contributed by atoms with Crippen molar-refractivity contribution in [1.82, 2.24) is 4.90 Å². The number of halogens is 1. The molecule has 1 heterocycles. The summed E-state index contributed by atoms with van der Waals surface area (Å²) in [5.41, 5.74) is 3.36. The van der Waals surface area contributed by atoms with Gasteiger partial charge in [-0.2, -0.15) is 0 Å². The molecule has 1 aliphatic rings. The number of hydrogen-bond acceptors (Lipinski definition) is 5. The number of oxime groups is 1. The van der Waals surface area contributed by atoms with Gasteiger partial charge in [-0.05, 0) is 70.2 Å². The summed E-state index contributed by atoms with van der Waals surface area (Å²) in [5, 5.41) is 4.74. The zero-order chi connectivity index (χ0) is 24.4. The summed E-state index contributed by atoms with van der Waals surface area (Å²) in [6, 6.07) is 1.89. The fourth-order valence-corrected chi connectivity index (χ4v) is 3.96. The van der Waals surface area contributed by atoms with Gasteiger partial charge in [0.2, 0.25) is 0 Å². The van der Waals surface area contributed by atoms with E-state index in [1.807, 2.05) is 58.9 Å². The van der Waals surface area contributed by atoms with Crippen LogP contribution < -0.4 is 0 Å². The maximum absolute atomic E-state index is 13.1. The molecule has 0 unspecified atom stereocenters. The first-order chi connectivity index (χ1) is 15.8. The number of esters is 1. The summed E-state index contributed by atoms with van der Waals surface area (Å²) < 4.78 is 5.71. The number of fused-ring (bicyclic) bond motifs is 1. The standard InChI is InChI=1S/C26H35ClN2O4/c1-6-29(7-2)23(30)17-32-28-21-14-12-10-8-9-11-13-20(5)33-26(31)24-18(3)15-19(4)25(27)22(24)16-21/h9,11-12,14-15,20H,6-8,10,13,16-17H2,1-5H3/b11-9+,14-12+,28-21-/t20-/m1/s1. The van der Waals surface area contributed by atoms with Crippen LogP contribution >= 0.6 is 11.6 Å². The van der Waals surface area contributed by atoms with Crippen molar-refractivity contribution in [3.8, 4) is 0 Å². The average Bonchev–Trinajstić information content (AvgIpc) is 2.76. The van der Waals surface area contributed by atoms with Gasteiger partial charge in [0, 0.05) is 31.0 Å². The average molecular weight is 475 g/mol. The third-order valence-electron chi connectivity index (χ3n) is 5.54. The third kappa shape index (κ3) is 7.74. The molecule has 7 heteroatoms. The number of carbonyl (C=O) groups is 2. The molecule has 0 N–H and O–H groups in total. The Labute approximate surface area is 202 Å². The number of hydrogen-bond donors (Lipinski definition) is 0. The normalized spacial score (nSPS) is 20.4. The zero-order valence-corrected chi connectivity index (χ0v) is 21.1. The lowest BCUT2D eigenvalue weighted by atomic mass is 9.94. The molecule has 0 aliphatic carbocycles. The Bertz CT molecular complexity index is 933. The number of likely N-dealkylation sites (N-methyl/N-ethyl adjacent to an activating group) is 1. The Kier molecular flexibility index (Phi) is 10.7. The maximum atomic E-state index is 13.1. The molecule has 1 aromatic carbocycles. The monoisotopic (exact) mass is 474 g/mol. The van der Waals surface area contributed by atoms with Crippen molar-refractivity contribution in [1.29, 1.82) is 0 Å². The minimum absolute atomic E-state index is 0.123. The number of nitrogens with zero attached hydrogens (tertiary/aromatic N) is 2. The van der Waals surface area contributed by atoms with E-state index < -0.39 is 5.97 Å². The van der Waals surface area contributed by atoms with E-state index in [0.29, 0.717) is 41.4 Å². The quantitative estimate of drug-likeness (QED) is 0.317. The number of aryl methyl sites for hydroxylation is 2. The maximum Gasteiger partial charge on any atom is 0.339 e. The summed E-state index contributed by atoms with van der Waals surface area (Å²) in [6.45, 7) is 10.6. The van der Waals surface area contributed by atoms with Crippen molar-refractivity contribution in [3.05, 3.63) is 57.6 Å². The molecule has 33 heavy (non-hydrogen) atoms. The first-order valence-electron chi connectivity index (χ1n) is 11.6. The van der Waals surface area contributed by atoms with Crippen LogP contribution in [0.15, 0.2) is 35.5 Å². The molecule has 0 saturated carbocycles. The van der Waals surface area contributed by atoms with Crippen LogP contribution in [0.3, 0.4) is 0 Å². The second-order valence-corrected chi connectivity index (χ2v) is 8.56. The molecular formula is C26H35ClN2O4. The Morgan fingerprint density at radius 1 is 1.18 bits per heavy atom. The van der Waals surface area contributed by atoms with Crippen LogP contribution in [0.2, 0.25) is 5.02 Å². The van der Waals surface area contributed by atoms with E-state index in [9.17, 15) is 9.59 Å². The van der Waals surface area contributed by atoms with Gasteiger partial charge in [-0.3, -0.25) is 4.79 Å². The van der Waals surface area contributed by atoms with E-state index >= 15 is 0 Å². The van der Waals surface area contributed by atoms with Crippen LogP contribution in [0.25, 0.3) is 0 Å². The van der Waals surface area contributed by atoms with Crippen molar-refractivity contribution >= 4 is 29.2 Å². The summed E-state index contributed by atoms with van der Waals surface area (Å²) in [5.74, 6) is -0.523. The molecule has 1 atom stereocenters. The van der Waals surface area contributed by atoms with Crippen molar-refractivity contribution < 1.29 is 19.2 Å². The molecule has 1 aliphatic heterocycles. The molecule has 0 fully saturated rings. The van der Waals surface area contributed by atoms with Crippen LogP contribution in [-0.2, 0) is 20.8 Å². The number of ether oxygens (including phenoxy) is 1. The van der Waals surface area contributed by atoms with Crippen LogP contribution in [0.4, 0.5) is 0 Å². The molecule has 0 aromatic heterocycles. The molecule has 1 amide bonds. The minimum Gasteiger partial charge on any atom is -0.459 e. The van der Waals surface area contributed by atoms with E-state index in [0.717, 1.165) is 24.0 Å². The molecule has 180 valence electrons. The van der Waals surface area contributed by atoms with Crippen LogP contribution in [0, 0.1) is 13.8 Å². The van der Waals surface area contributed by atoms with Crippen LogP contribution in [-0.4, -0.2) is 48.3 Å². The molecule has 6 nitrogen and oxygen atoms in total. The fraction of sp³-hybridized carbons (Fsp3) is 0.500. The number of rotatable bonds is 5. The number of benzene rings is 1.